The van der Waals surface area contributed by atoms with Gasteiger partial charge in [0.25, 0.3) is 5.91 Å². The number of amides is 3. The first-order valence-electron chi connectivity index (χ1n) is 9.33. The lowest BCUT2D eigenvalue weighted by Crippen LogP contribution is -2.42. The van der Waals surface area contributed by atoms with Gasteiger partial charge in [0.05, 0.1) is 22.9 Å². The van der Waals surface area contributed by atoms with Crippen molar-refractivity contribution in [1.82, 2.24) is 15.6 Å². The average Bonchev–Trinajstić information content (AvgIpc) is 2.77. The van der Waals surface area contributed by atoms with Crippen molar-refractivity contribution in [3.05, 3.63) is 101 Å². The van der Waals surface area contributed by atoms with Crippen molar-refractivity contribution in [3.8, 4) is 0 Å². The molecular formula is C22H15F6N3O2. The zero-order chi connectivity index (χ0) is 24.2. The smallest absolute Gasteiger partial charge is 0.325 e. The van der Waals surface area contributed by atoms with Crippen LogP contribution in [0.1, 0.15) is 38.8 Å². The molecule has 0 fully saturated rings. The summed E-state index contributed by atoms with van der Waals surface area (Å²) in [7, 11) is 0. The number of urea groups is 1. The minimum Gasteiger partial charge on any atom is -0.325 e. The zero-order valence-electron chi connectivity index (χ0n) is 16.5. The number of halogens is 6. The Bertz CT molecular complexity index is 1130. The van der Waals surface area contributed by atoms with E-state index in [2.05, 4.69) is 10.3 Å². The Labute approximate surface area is 183 Å². The summed E-state index contributed by atoms with van der Waals surface area (Å²) >= 11 is 0. The van der Waals surface area contributed by atoms with Crippen LogP contribution in [0.4, 0.5) is 31.1 Å². The lowest BCUT2D eigenvalue weighted by molar-refractivity contribution is -0.139. The third-order valence-electron chi connectivity index (χ3n) is 4.53. The molecule has 172 valence electrons. The van der Waals surface area contributed by atoms with Gasteiger partial charge in [-0.25, -0.2) is 4.79 Å². The first-order valence-corrected chi connectivity index (χ1v) is 9.33. The van der Waals surface area contributed by atoms with Crippen molar-refractivity contribution in [1.29, 1.82) is 0 Å². The van der Waals surface area contributed by atoms with E-state index < -0.39 is 47.2 Å². The van der Waals surface area contributed by atoms with Crippen LogP contribution in [0.5, 0.6) is 0 Å². The maximum Gasteiger partial charge on any atom is 0.418 e. The van der Waals surface area contributed by atoms with E-state index in [9.17, 15) is 35.9 Å². The van der Waals surface area contributed by atoms with Crippen LogP contribution in [0.3, 0.4) is 0 Å². The molecule has 2 aromatic carbocycles. The molecule has 33 heavy (non-hydrogen) atoms. The van der Waals surface area contributed by atoms with Gasteiger partial charge in [-0.05, 0) is 42.0 Å². The lowest BCUT2D eigenvalue weighted by Gasteiger charge is -2.22. The molecule has 0 saturated heterocycles. The topological polar surface area (TPSA) is 71.1 Å². The zero-order valence-corrected chi connectivity index (χ0v) is 16.5. The number of hydrogen-bond acceptors (Lipinski definition) is 3. The van der Waals surface area contributed by atoms with Gasteiger partial charge in [0.1, 0.15) is 0 Å². The molecule has 0 aliphatic carbocycles. The van der Waals surface area contributed by atoms with Gasteiger partial charge in [0.15, 0.2) is 0 Å². The number of hydrogen-bond donors (Lipinski definition) is 2. The number of nitrogens with zero attached hydrogens (tertiary/aromatic N) is 1. The molecule has 3 amide bonds. The maximum atomic E-state index is 13.5. The van der Waals surface area contributed by atoms with Crippen LogP contribution in [0, 0.1) is 0 Å². The molecule has 2 N–H and O–H groups in total. The van der Waals surface area contributed by atoms with Crippen molar-refractivity contribution in [2.45, 2.75) is 18.4 Å². The Kier molecular flexibility index (Phi) is 6.70. The fourth-order valence-electron chi connectivity index (χ4n) is 2.99. The highest BCUT2D eigenvalue weighted by Gasteiger charge is 2.37. The molecule has 11 heteroatoms. The van der Waals surface area contributed by atoms with Crippen molar-refractivity contribution in [2.24, 2.45) is 0 Å². The fourth-order valence-corrected chi connectivity index (χ4v) is 2.99. The van der Waals surface area contributed by atoms with Gasteiger partial charge >= 0.3 is 18.4 Å². The van der Waals surface area contributed by atoms with Crippen LogP contribution in [-0.2, 0) is 12.4 Å². The van der Waals surface area contributed by atoms with Gasteiger partial charge in [-0.1, -0.05) is 30.3 Å². The Morgan fingerprint density at radius 3 is 2.00 bits per heavy atom. The van der Waals surface area contributed by atoms with Crippen molar-refractivity contribution < 1.29 is 35.9 Å². The Morgan fingerprint density at radius 1 is 0.788 bits per heavy atom. The molecule has 1 unspecified atom stereocenters. The number of aromatic nitrogens is 1. The molecule has 0 aliphatic heterocycles. The van der Waals surface area contributed by atoms with E-state index in [1.165, 1.54) is 12.1 Å². The summed E-state index contributed by atoms with van der Waals surface area (Å²) in [5.74, 6) is -0.823. The molecular weight excluding hydrogens is 452 g/mol. The summed E-state index contributed by atoms with van der Waals surface area (Å²) in [6.07, 6.45) is -8.47. The summed E-state index contributed by atoms with van der Waals surface area (Å²) in [6.45, 7) is 0. The monoisotopic (exact) mass is 467 g/mol. The molecule has 1 atom stereocenters. The largest absolute Gasteiger partial charge is 0.418 e. The van der Waals surface area contributed by atoms with Crippen LogP contribution in [0.25, 0.3) is 0 Å². The first kappa shape index (κ1) is 23.8. The summed E-state index contributed by atoms with van der Waals surface area (Å²) in [5.41, 5.74) is -2.84. The second-order valence-corrected chi connectivity index (χ2v) is 6.78. The van der Waals surface area contributed by atoms with Gasteiger partial charge in [-0.3, -0.25) is 15.1 Å². The van der Waals surface area contributed by atoms with Gasteiger partial charge < -0.3 is 5.32 Å². The lowest BCUT2D eigenvalue weighted by atomic mass is 9.98. The van der Waals surface area contributed by atoms with Gasteiger partial charge in [-0.15, -0.1) is 0 Å². The van der Waals surface area contributed by atoms with E-state index in [1.54, 1.807) is 18.2 Å². The fraction of sp³-hybridized carbons (Fsp3) is 0.136. The quantitative estimate of drug-likeness (QED) is 0.509. The van der Waals surface area contributed by atoms with E-state index in [0.717, 1.165) is 30.5 Å². The third kappa shape index (κ3) is 5.88. The van der Waals surface area contributed by atoms with E-state index in [0.29, 0.717) is 12.1 Å². The maximum absolute atomic E-state index is 13.5. The Balaban J connectivity index is 1.96. The molecule has 1 aromatic heterocycles. The number of pyridine rings is 1. The van der Waals surface area contributed by atoms with Crippen LogP contribution < -0.4 is 10.6 Å². The summed E-state index contributed by atoms with van der Waals surface area (Å²) in [5, 5.41) is 4.19. The highest BCUT2D eigenvalue weighted by Crippen LogP contribution is 2.36. The summed E-state index contributed by atoms with van der Waals surface area (Å²) in [4.78, 5) is 28.4. The number of carbonyl (C=O) groups excluding carboxylic acids is 2. The molecule has 0 bridgehead atoms. The van der Waals surface area contributed by atoms with Crippen LogP contribution in [0.2, 0.25) is 0 Å². The minimum absolute atomic E-state index is 0.102. The number of benzene rings is 2. The van der Waals surface area contributed by atoms with E-state index >= 15 is 0 Å². The number of imide groups is 1. The van der Waals surface area contributed by atoms with Crippen LogP contribution >= 0.6 is 0 Å². The second kappa shape index (κ2) is 9.31. The summed E-state index contributed by atoms with van der Waals surface area (Å²) in [6, 6.07) is 9.76. The summed E-state index contributed by atoms with van der Waals surface area (Å²) < 4.78 is 79.3. The third-order valence-corrected chi connectivity index (χ3v) is 4.53. The van der Waals surface area contributed by atoms with Gasteiger partial charge in [-0.2, -0.15) is 26.3 Å². The van der Waals surface area contributed by atoms with Crippen LogP contribution in [0.15, 0.2) is 72.9 Å². The molecule has 0 saturated carbocycles. The Hall–Kier alpha value is -3.89. The molecule has 0 spiro atoms. The SMILES string of the molecule is O=C(NC(=O)c1ccccc1)NC(c1ccc(C(F)(F)F)cc1)c1ncccc1C(F)(F)F. The molecule has 3 aromatic rings. The predicted molar refractivity (Wildman–Crippen MR) is 105 cm³/mol. The molecule has 5 nitrogen and oxygen atoms in total. The van der Waals surface area contributed by atoms with E-state index in [1.807, 2.05) is 5.32 Å². The van der Waals surface area contributed by atoms with Crippen molar-refractivity contribution >= 4 is 11.9 Å². The van der Waals surface area contributed by atoms with Crippen molar-refractivity contribution in [3.63, 3.8) is 0 Å². The molecule has 1 heterocycles. The first-order chi connectivity index (χ1) is 15.5. The van der Waals surface area contributed by atoms with Crippen molar-refractivity contribution in [2.75, 3.05) is 0 Å². The van der Waals surface area contributed by atoms with E-state index in [4.69, 9.17) is 0 Å². The normalized spacial score (nSPS) is 12.7. The van der Waals surface area contributed by atoms with E-state index in [-0.39, 0.29) is 11.1 Å². The van der Waals surface area contributed by atoms with Gasteiger partial charge in [0.2, 0.25) is 0 Å². The minimum atomic E-state index is -4.86. The molecule has 0 aliphatic rings. The van der Waals surface area contributed by atoms with Gasteiger partial charge in [0, 0.05) is 11.8 Å². The van der Waals surface area contributed by atoms with Crippen LogP contribution in [-0.4, -0.2) is 16.9 Å². The second-order valence-electron chi connectivity index (χ2n) is 6.78. The number of rotatable bonds is 4. The Morgan fingerprint density at radius 2 is 1.42 bits per heavy atom. The highest BCUT2D eigenvalue weighted by molar-refractivity contribution is 6.04. The standard InChI is InChI=1S/C22H15F6N3O2/c23-21(24,25)15-10-8-13(9-11-15)17(18-16(22(26,27)28)7-4-12-29-18)30-20(33)31-19(32)14-5-2-1-3-6-14/h1-12,17H,(H2,30,31,32,33). The average molecular weight is 467 g/mol. The molecule has 3 rings (SSSR count). The number of carbonyl (C=O) groups is 2. The molecule has 0 radical (unpaired) electrons. The highest BCUT2D eigenvalue weighted by atomic mass is 19.4. The predicted octanol–water partition coefficient (Wildman–Crippen LogP) is 5.35. The number of alkyl halides is 6. The number of nitrogens with one attached hydrogen (secondary N) is 2.